The highest BCUT2D eigenvalue weighted by Crippen LogP contribution is 2.21. The summed E-state index contributed by atoms with van der Waals surface area (Å²) in [5.41, 5.74) is 0.106. The van der Waals surface area contributed by atoms with Gasteiger partial charge in [0.15, 0.2) is 0 Å². The fourth-order valence-electron chi connectivity index (χ4n) is 3.42. The molecular formula is C19H23FN2O2. The van der Waals surface area contributed by atoms with E-state index >= 15 is 0 Å². The average Bonchev–Trinajstić information content (AvgIpc) is 2.88. The number of benzene rings is 1. The van der Waals surface area contributed by atoms with Gasteiger partial charge in [-0.1, -0.05) is 24.3 Å². The molecule has 0 N–H and O–H groups in total. The third-order valence-corrected chi connectivity index (χ3v) is 4.82. The number of carbonyl (C=O) groups excluding carboxylic acids is 2. The van der Waals surface area contributed by atoms with Crippen molar-refractivity contribution < 1.29 is 14.0 Å². The Labute approximate surface area is 141 Å². The highest BCUT2D eigenvalue weighted by Gasteiger charge is 2.28. The van der Waals surface area contributed by atoms with Crippen molar-refractivity contribution in [2.45, 2.75) is 25.7 Å². The number of nitrogens with zero attached hydrogens (tertiary/aromatic N) is 2. The first-order valence-electron chi connectivity index (χ1n) is 8.64. The summed E-state index contributed by atoms with van der Waals surface area (Å²) < 4.78 is 13.8. The number of hydrogen-bond donors (Lipinski definition) is 0. The Morgan fingerprint density at radius 1 is 1.00 bits per heavy atom. The maximum absolute atomic E-state index is 13.8. The molecule has 0 spiro atoms. The molecule has 1 saturated heterocycles. The van der Waals surface area contributed by atoms with Gasteiger partial charge >= 0.3 is 0 Å². The van der Waals surface area contributed by atoms with Gasteiger partial charge in [-0.15, -0.1) is 0 Å². The molecule has 1 unspecified atom stereocenters. The lowest BCUT2D eigenvalue weighted by Crippen LogP contribution is -2.40. The lowest BCUT2D eigenvalue weighted by Gasteiger charge is -2.27. The zero-order chi connectivity index (χ0) is 16.9. The van der Waals surface area contributed by atoms with E-state index in [1.54, 1.807) is 17.0 Å². The van der Waals surface area contributed by atoms with Gasteiger partial charge in [0.1, 0.15) is 5.82 Å². The quantitative estimate of drug-likeness (QED) is 0.783. The van der Waals surface area contributed by atoms with E-state index < -0.39 is 5.82 Å². The van der Waals surface area contributed by atoms with E-state index in [-0.39, 0.29) is 23.3 Å². The van der Waals surface area contributed by atoms with E-state index in [0.29, 0.717) is 26.2 Å². The van der Waals surface area contributed by atoms with Crippen molar-refractivity contribution in [2.75, 3.05) is 26.2 Å². The molecule has 128 valence electrons. The third-order valence-electron chi connectivity index (χ3n) is 4.82. The molecule has 4 nitrogen and oxygen atoms in total. The molecule has 5 heteroatoms. The first kappa shape index (κ1) is 16.7. The van der Waals surface area contributed by atoms with E-state index in [2.05, 4.69) is 12.2 Å². The minimum Gasteiger partial charge on any atom is -0.341 e. The van der Waals surface area contributed by atoms with E-state index in [0.717, 1.165) is 25.7 Å². The van der Waals surface area contributed by atoms with Crippen molar-refractivity contribution in [3.8, 4) is 0 Å². The van der Waals surface area contributed by atoms with E-state index in [1.165, 1.54) is 12.1 Å². The molecule has 24 heavy (non-hydrogen) atoms. The summed E-state index contributed by atoms with van der Waals surface area (Å²) in [4.78, 5) is 28.7. The molecule has 0 aromatic heterocycles. The van der Waals surface area contributed by atoms with Crippen LogP contribution in [0, 0.1) is 11.7 Å². The van der Waals surface area contributed by atoms with Crippen LogP contribution in [0.2, 0.25) is 0 Å². The summed E-state index contributed by atoms with van der Waals surface area (Å²) >= 11 is 0. The van der Waals surface area contributed by atoms with Gasteiger partial charge in [0.05, 0.1) is 5.56 Å². The highest BCUT2D eigenvalue weighted by molar-refractivity contribution is 5.94. The van der Waals surface area contributed by atoms with Crippen molar-refractivity contribution >= 4 is 11.8 Å². The number of hydrogen-bond acceptors (Lipinski definition) is 2. The number of halogens is 1. The molecule has 1 aromatic rings. The molecule has 1 atom stereocenters. The molecule has 2 amide bonds. The Morgan fingerprint density at radius 3 is 2.50 bits per heavy atom. The van der Waals surface area contributed by atoms with Crippen LogP contribution in [-0.2, 0) is 4.79 Å². The van der Waals surface area contributed by atoms with E-state index in [1.807, 2.05) is 4.90 Å². The molecule has 0 radical (unpaired) electrons. The van der Waals surface area contributed by atoms with Crippen molar-refractivity contribution in [1.82, 2.24) is 9.80 Å². The Hall–Kier alpha value is -2.17. The van der Waals surface area contributed by atoms with Crippen molar-refractivity contribution in [3.63, 3.8) is 0 Å². The first-order valence-corrected chi connectivity index (χ1v) is 8.64. The van der Waals surface area contributed by atoms with Crippen LogP contribution in [-0.4, -0.2) is 47.8 Å². The van der Waals surface area contributed by atoms with Gasteiger partial charge in [-0.25, -0.2) is 4.39 Å². The summed E-state index contributed by atoms with van der Waals surface area (Å²) in [6, 6.07) is 6.06. The van der Waals surface area contributed by atoms with Crippen LogP contribution in [0.5, 0.6) is 0 Å². The van der Waals surface area contributed by atoms with Gasteiger partial charge < -0.3 is 9.80 Å². The SMILES string of the molecule is O=C(c1ccccc1F)N1CCCN(C(=O)C2CC=CCC2)CC1. The molecular weight excluding hydrogens is 307 g/mol. The maximum Gasteiger partial charge on any atom is 0.256 e. The minimum atomic E-state index is -0.492. The molecule has 2 aliphatic rings. The monoisotopic (exact) mass is 330 g/mol. The van der Waals surface area contributed by atoms with Crippen LogP contribution in [0.3, 0.4) is 0 Å². The molecule has 0 bridgehead atoms. The molecule has 1 aliphatic carbocycles. The molecule has 3 rings (SSSR count). The summed E-state index contributed by atoms with van der Waals surface area (Å²) in [7, 11) is 0. The Morgan fingerprint density at radius 2 is 1.75 bits per heavy atom. The van der Waals surface area contributed by atoms with Crippen LogP contribution in [0.25, 0.3) is 0 Å². The summed E-state index contributed by atoms with van der Waals surface area (Å²) in [6.07, 6.45) is 7.62. The number of rotatable bonds is 2. The Kier molecular flexibility index (Phi) is 5.28. The average molecular weight is 330 g/mol. The third kappa shape index (κ3) is 3.66. The Bertz CT molecular complexity index is 644. The second-order valence-electron chi connectivity index (χ2n) is 6.43. The van der Waals surface area contributed by atoms with Crippen molar-refractivity contribution in [1.29, 1.82) is 0 Å². The molecule has 1 heterocycles. The van der Waals surface area contributed by atoms with Gasteiger partial charge in [-0.05, 0) is 37.8 Å². The van der Waals surface area contributed by atoms with Crippen LogP contribution in [0.4, 0.5) is 4.39 Å². The second kappa shape index (κ2) is 7.60. The lowest BCUT2D eigenvalue weighted by atomic mass is 9.93. The van der Waals surface area contributed by atoms with Crippen molar-refractivity contribution in [3.05, 3.63) is 47.8 Å². The lowest BCUT2D eigenvalue weighted by molar-refractivity contribution is -0.135. The van der Waals surface area contributed by atoms with Crippen LogP contribution in [0.15, 0.2) is 36.4 Å². The van der Waals surface area contributed by atoms with E-state index in [9.17, 15) is 14.0 Å². The fourth-order valence-corrected chi connectivity index (χ4v) is 3.42. The van der Waals surface area contributed by atoms with Gasteiger partial charge in [0.2, 0.25) is 5.91 Å². The number of allylic oxidation sites excluding steroid dienone is 2. The largest absolute Gasteiger partial charge is 0.341 e. The van der Waals surface area contributed by atoms with Gasteiger partial charge in [0, 0.05) is 32.1 Å². The second-order valence-corrected chi connectivity index (χ2v) is 6.43. The van der Waals surface area contributed by atoms with Crippen molar-refractivity contribution in [2.24, 2.45) is 5.92 Å². The summed E-state index contributed by atoms with van der Waals surface area (Å²) in [5.74, 6) is -0.514. The fraction of sp³-hybridized carbons (Fsp3) is 0.474. The molecule has 1 fully saturated rings. The first-order chi connectivity index (χ1) is 11.7. The molecule has 1 aliphatic heterocycles. The Balaban J connectivity index is 1.62. The van der Waals surface area contributed by atoms with Crippen LogP contribution < -0.4 is 0 Å². The maximum atomic E-state index is 13.8. The number of carbonyl (C=O) groups is 2. The normalized spacial score (nSPS) is 21.5. The zero-order valence-corrected chi connectivity index (χ0v) is 13.8. The minimum absolute atomic E-state index is 0.0730. The van der Waals surface area contributed by atoms with Crippen LogP contribution >= 0.6 is 0 Å². The van der Waals surface area contributed by atoms with Gasteiger partial charge in [-0.2, -0.15) is 0 Å². The zero-order valence-electron chi connectivity index (χ0n) is 13.8. The predicted octanol–water partition coefficient (Wildman–Crippen LogP) is 2.86. The van der Waals surface area contributed by atoms with E-state index in [4.69, 9.17) is 0 Å². The highest BCUT2D eigenvalue weighted by atomic mass is 19.1. The van der Waals surface area contributed by atoms with Gasteiger partial charge in [-0.3, -0.25) is 9.59 Å². The smallest absolute Gasteiger partial charge is 0.256 e. The summed E-state index contributed by atoms with van der Waals surface area (Å²) in [5, 5.41) is 0. The molecule has 1 aromatic carbocycles. The van der Waals surface area contributed by atoms with Gasteiger partial charge in [0.25, 0.3) is 5.91 Å². The predicted molar refractivity (Wildman–Crippen MR) is 90.0 cm³/mol. The topological polar surface area (TPSA) is 40.6 Å². The number of amides is 2. The molecule has 0 saturated carbocycles. The summed E-state index contributed by atoms with van der Waals surface area (Å²) in [6.45, 7) is 2.21. The standard InChI is InChI=1S/C19H23FN2O2/c20-17-10-5-4-9-16(17)19(24)22-12-6-11-21(13-14-22)18(23)15-7-2-1-3-8-15/h1-2,4-5,9-10,15H,3,6-8,11-14H2. The van der Waals surface area contributed by atoms with Crippen LogP contribution in [0.1, 0.15) is 36.0 Å².